The summed E-state index contributed by atoms with van der Waals surface area (Å²) in [5.74, 6) is 0.0282. The predicted octanol–water partition coefficient (Wildman–Crippen LogP) is 3.40. The lowest BCUT2D eigenvalue weighted by Crippen LogP contribution is -2.35. The quantitative estimate of drug-likeness (QED) is 0.810. The first-order valence-corrected chi connectivity index (χ1v) is 7.79. The maximum atomic E-state index is 12.5. The van der Waals surface area contributed by atoms with Gasteiger partial charge < -0.3 is 4.74 Å². The molecule has 0 atom stereocenters. The summed E-state index contributed by atoms with van der Waals surface area (Å²) >= 11 is 5.87. The molecule has 0 bridgehead atoms. The van der Waals surface area contributed by atoms with Crippen LogP contribution in [-0.2, 0) is 11.3 Å². The molecule has 0 aromatic heterocycles. The molecule has 0 unspecified atom stereocenters. The lowest BCUT2D eigenvalue weighted by molar-refractivity contribution is 0.0342. The first-order chi connectivity index (χ1) is 10.7. The van der Waals surface area contributed by atoms with Crippen molar-refractivity contribution in [2.75, 3.05) is 26.3 Å². The summed E-state index contributed by atoms with van der Waals surface area (Å²) < 4.78 is 5.36. The molecule has 114 valence electrons. The number of halogens is 1. The monoisotopic (exact) mass is 315 g/mol. The fourth-order valence-electron chi connectivity index (χ4n) is 2.60. The maximum Gasteiger partial charge on any atom is 0.193 e. The Hall–Kier alpha value is -1.68. The molecule has 1 aliphatic rings. The minimum Gasteiger partial charge on any atom is -0.379 e. The molecule has 0 spiro atoms. The van der Waals surface area contributed by atoms with Gasteiger partial charge in [-0.05, 0) is 35.9 Å². The van der Waals surface area contributed by atoms with Crippen molar-refractivity contribution in [3.8, 4) is 0 Å². The summed E-state index contributed by atoms with van der Waals surface area (Å²) in [4.78, 5) is 14.9. The molecule has 0 amide bonds. The number of carbonyl (C=O) groups excluding carboxylic acids is 1. The molecule has 0 saturated carbocycles. The first kappa shape index (κ1) is 15.2. The summed E-state index contributed by atoms with van der Waals surface area (Å²) in [6.07, 6.45) is 0. The fourth-order valence-corrected chi connectivity index (χ4v) is 2.72. The van der Waals surface area contributed by atoms with E-state index in [2.05, 4.69) is 11.0 Å². The van der Waals surface area contributed by atoms with Gasteiger partial charge in [-0.25, -0.2) is 0 Å². The van der Waals surface area contributed by atoms with Crippen LogP contribution in [0.1, 0.15) is 21.5 Å². The molecule has 1 saturated heterocycles. The normalized spacial score (nSPS) is 15.7. The number of morpholine rings is 1. The zero-order valence-corrected chi connectivity index (χ0v) is 13.1. The zero-order valence-electron chi connectivity index (χ0n) is 12.3. The average Bonchev–Trinajstić information content (AvgIpc) is 2.56. The highest BCUT2D eigenvalue weighted by Crippen LogP contribution is 2.16. The summed E-state index contributed by atoms with van der Waals surface area (Å²) in [5, 5.41) is 0.637. The van der Waals surface area contributed by atoms with Crippen LogP contribution < -0.4 is 0 Å². The summed E-state index contributed by atoms with van der Waals surface area (Å²) in [5.41, 5.74) is 2.53. The highest BCUT2D eigenvalue weighted by molar-refractivity contribution is 6.30. The maximum absolute atomic E-state index is 12.5. The lowest BCUT2D eigenvalue weighted by Gasteiger charge is -2.26. The topological polar surface area (TPSA) is 29.5 Å². The van der Waals surface area contributed by atoms with E-state index < -0.39 is 0 Å². The molecule has 3 nitrogen and oxygen atoms in total. The van der Waals surface area contributed by atoms with Crippen molar-refractivity contribution in [2.24, 2.45) is 0 Å². The summed E-state index contributed by atoms with van der Waals surface area (Å²) in [7, 11) is 0. The van der Waals surface area contributed by atoms with Gasteiger partial charge in [-0.15, -0.1) is 0 Å². The van der Waals surface area contributed by atoms with Gasteiger partial charge in [-0.2, -0.15) is 0 Å². The Morgan fingerprint density at radius 3 is 2.50 bits per heavy atom. The SMILES string of the molecule is O=C(c1ccc(Cl)cc1)c1cccc(CN2CCOCC2)c1. The highest BCUT2D eigenvalue weighted by atomic mass is 35.5. The van der Waals surface area contributed by atoms with E-state index in [-0.39, 0.29) is 5.78 Å². The van der Waals surface area contributed by atoms with Gasteiger partial charge in [0, 0.05) is 35.8 Å². The molecule has 0 N–H and O–H groups in total. The number of hydrogen-bond donors (Lipinski definition) is 0. The fraction of sp³-hybridized carbons (Fsp3) is 0.278. The summed E-state index contributed by atoms with van der Waals surface area (Å²) in [6.45, 7) is 4.29. The molecule has 1 aliphatic heterocycles. The third-order valence-corrected chi connectivity index (χ3v) is 4.06. The summed E-state index contributed by atoms with van der Waals surface area (Å²) in [6, 6.07) is 14.9. The number of rotatable bonds is 4. The Balaban J connectivity index is 1.75. The second-order valence-corrected chi connectivity index (χ2v) is 5.86. The Bertz CT molecular complexity index is 648. The molecule has 1 heterocycles. The van der Waals surface area contributed by atoms with Gasteiger partial charge in [0.15, 0.2) is 5.78 Å². The van der Waals surface area contributed by atoms with Gasteiger partial charge in [0.05, 0.1) is 13.2 Å². The van der Waals surface area contributed by atoms with Crippen LogP contribution in [0.4, 0.5) is 0 Å². The van der Waals surface area contributed by atoms with Crippen molar-refractivity contribution in [3.63, 3.8) is 0 Å². The minimum atomic E-state index is 0.0282. The van der Waals surface area contributed by atoms with Crippen molar-refractivity contribution in [3.05, 3.63) is 70.2 Å². The Kier molecular flexibility index (Phi) is 4.88. The largest absolute Gasteiger partial charge is 0.379 e. The molecular formula is C18H18ClNO2. The van der Waals surface area contributed by atoms with E-state index in [0.717, 1.165) is 38.4 Å². The Morgan fingerprint density at radius 2 is 1.77 bits per heavy atom. The van der Waals surface area contributed by atoms with Gasteiger partial charge in [0.1, 0.15) is 0 Å². The van der Waals surface area contributed by atoms with Crippen molar-refractivity contribution in [1.29, 1.82) is 0 Å². The second-order valence-electron chi connectivity index (χ2n) is 5.42. The zero-order chi connectivity index (χ0) is 15.4. The van der Waals surface area contributed by atoms with Gasteiger partial charge in [0.25, 0.3) is 0 Å². The van der Waals surface area contributed by atoms with E-state index in [1.165, 1.54) is 0 Å². The number of benzene rings is 2. The van der Waals surface area contributed by atoms with Crippen LogP contribution >= 0.6 is 11.6 Å². The third-order valence-electron chi connectivity index (χ3n) is 3.81. The van der Waals surface area contributed by atoms with Crippen LogP contribution in [0.25, 0.3) is 0 Å². The van der Waals surface area contributed by atoms with Crippen LogP contribution in [0.5, 0.6) is 0 Å². The van der Waals surface area contributed by atoms with Gasteiger partial charge in [0.2, 0.25) is 0 Å². The molecule has 4 heteroatoms. The van der Waals surface area contributed by atoms with Crippen LogP contribution in [0.3, 0.4) is 0 Å². The van der Waals surface area contributed by atoms with Crippen LogP contribution in [0, 0.1) is 0 Å². The minimum absolute atomic E-state index is 0.0282. The standard InChI is InChI=1S/C18H18ClNO2/c19-17-6-4-15(5-7-17)18(21)16-3-1-2-14(12-16)13-20-8-10-22-11-9-20/h1-7,12H,8-11,13H2. The number of hydrogen-bond acceptors (Lipinski definition) is 3. The highest BCUT2D eigenvalue weighted by Gasteiger charge is 2.13. The molecule has 2 aromatic rings. The van der Waals surface area contributed by atoms with Crippen molar-refractivity contribution in [2.45, 2.75) is 6.54 Å². The molecule has 1 fully saturated rings. The molecule has 2 aromatic carbocycles. The van der Waals surface area contributed by atoms with Gasteiger partial charge >= 0.3 is 0 Å². The van der Waals surface area contributed by atoms with E-state index in [1.807, 2.05) is 18.2 Å². The van der Waals surface area contributed by atoms with Crippen molar-refractivity contribution in [1.82, 2.24) is 4.90 Å². The predicted molar refractivity (Wildman–Crippen MR) is 87.4 cm³/mol. The van der Waals surface area contributed by atoms with E-state index in [1.54, 1.807) is 24.3 Å². The third kappa shape index (κ3) is 3.74. The van der Waals surface area contributed by atoms with Gasteiger partial charge in [-0.3, -0.25) is 9.69 Å². The molecule has 0 radical (unpaired) electrons. The molecular weight excluding hydrogens is 298 g/mol. The second kappa shape index (κ2) is 7.05. The van der Waals surface area contributed by atoms with Crippen molar-refractivity contribution >= 4 is 17.4 Å². The van der Waals surface area contributed by atoms with Crippen LogP contribution in [-0.4, -0.2) is 37.0 Å². The van der Waals surface area contributed by atoms with Gasteiger partial charge in [-0.1, -0.05) is 29.8 Å². The Morgan fingerprint density at radius 1 is 1.05 bits per heavy atom. The first-order valence-electron chi connectivity index (χ1n) is 7.42. The van der Waals surface area contributed by atoms with Crippen LogP contribution in [0.2, 0.25) is 5.02 Å². The smallest absolute Gasteiger partial charge is 0.193 e. The van der Waals surface area contributed by atoms with Crippen molar-refractivity contribution < 1.29 is 9.53 Å². The average molecular weight is 316 g/mol. The number of carbonyl (C=O) groups is 1. The molecule has 3 rings (SSSR count). The number of ketones is 1. The van der Waals surface area contributed by atoms with E-state index in [9.17, 15) is 4.79 Å². The Labute approximate surface area is 135 Å². The molecule has 22 heavy (non-hydrogen) atoms. The number of ether oxygens (including phenoxy) is 1. The lowest BCUT2D eigenvalue weighted by atomic mass is 10.0. The van der Waals surface area contributed by atoms with E-state index in [4.69, 9.17) is 16.3 Å². The van der Waals surface area contributed by atoms with E-state index >= 15 is 0 Å². The van der Waals surface area contributed by atoms with E-state index in [0.29, 0.717) is 16.1 Å². The van der Waals surface area contributed by atoms with Crippen LogP contribution in [0.15, 0.2) is 48.5 Å². The number of nitrogens with zero attached hydrogens (tertiary/aromatic N) is 1. The molecule has 0 aliphatic carbocycles.